The van der Waals surface area contributed by atoms with Gasteiger partial charge >= 0.3 is 41.9 Å². The molecular weight excluding hydrogens is 636 g/mol. The summed E-state index contributed by atoms with van der Waals surface area (Å²) in [5.41, 5.74) is 0. The second-order valence-corrected chi connectivity index (χ2v) is 12.4. The Labute approximate surface area is 281 Å². The predicted molar refractivity (Wildman–Crippen MR) is 170 cm³/mol. The molecule has 0 amide bonds. The highest BCUT2D eigenvalue weighted by molar-refractivity contribution is 5.79. The minimum Gasteiger partial charge on any atom is -0.460 e. The van der Waals surface area contributed by atoms with Crippen LogP contribution in [0.4, 0.5) is 0 Å². The van der Waals surface area contributed by atoms with E-state index in [0.29, 0.717) is 0 Å². The Morgan fingerprint density at radius 3 is 1.27 bits per heavy atom. The van der Waals surface area contributed by atoms with Crippen LogP contribution in [-0.2, 0) is 57.2 Å². The van der Waals surface area contributed by atoms with Gasteiger partial charge in [-0.3, -0.25) is 14.6 Å². The first kappa shape index (κ1) is 43.9. The summed E-state index contributed by atoms with van der Waals surface area (Å²) in [6.07, 6.45) is -10.6. The molecule has 0 rings (SSSR count). The fourth-order valence-electron chi connectivity index (χ4n) is 4.03. The zero-order chi connectivity index (χ0) is 37.5. The summed E-state index contributed by atoms with van der Waals surface area (Å²) in [5, 5.41) is 20.4. The number of nitrogens with zero attached hydrogens (tertiary/aromatic N) is 2. The molecule has 0 bridgehead atoms. The third kappa shape index (κ3) is 14.3. The van der Waals surface area contributed by atoms with Crippen molar-refractivity contribution in [3.8, 4) is 6.57 Å². The number of aliphatic hydroxyl groups is 2. The van der Waals surface area contributed by atoms with Crippen LogP contribution >= 0.6 is 0 Å². The van der Waals surface area contributed by atoms with E-state index in [2.05, 4.69) is 16.6 Å². The van der Waals surface area contributed by atoms with E-state index >= 15 is 0 Å². The molecule has 16 heteroatoms. The van der Waals surface area contributed by atoms with Gasteiger partial charge in [0.25, 0.3) is 6.57 Å². The zero-order valence-electron chi connectivity index (χ0n) is 29.3. The van der Waals surface area contributed by atoms with Gasteiger partial charge in [-0.15, -0.1) is 0 Å². The maximum Gasteiger partial charge on any atom is 0.395 e. The molecule has 2 N–H and O–H groups in total. The van der Waals surface area contributed by atoms with Crippen LogP contribution < -0.4 is 0 Å². The van der Waals surface area contributed by atoms with E-state index in [9.17, 15) is 39.0 Å². The maximum atomic E-state index is 13.2. The number of carbonyl (C=O) groups is 6. The Morgan fingerprint density at radius 1 is 0.625 bits per heavy atom. The average Bonchev–Trinajstić information content (AvgIpc) is 2.97. The number of hydrogen-bond acceptors (Lipinski definition) is 15. The molecule has 0 aliphatic rings. The first-order chi connectivity index (χ1) is 22.2. The van der Waals surface area contributed by atoms with Crippen molar-refractivity contribution in [2.75, 3.05) is 13.2 Å². The average molecular weight is 688 g/mol. The molecule has 0 saturated carbocycles. The number of ether oxygens (including phenoxy) is 6. The highest BCUT2D eigenvalue weighted by Crippen LogP contribution is 2.24. The van der Waals surface area contributed by atoms with E-state index in [0.717, 1.165) is 13.8 Å². The molecule has 0 heterocycles. The topological polar surface area (TPSA) is 215 Å². The summed E-state index contributed by atoms with van der Waals surface area (Å²) >= 11 is 0. The fourth-order valence-corrected chi connectivity index (χ4v) is 4.03. The van der Waals surface area contributed by atoms with Gasteiger partial charge in [-0.05, 0) is 24.5 Å². The van der Waals surface area contributed by atoms with Gasteiger partial charge in [0.2, 0.25) is 0 Å². The minimum atomic E-state index is -1.91. The molecule has 0 aromatic carbocycles. The second kappa shape index (κ2) is 21.0. The third-order valence-corrected chi connectivity index (χ3v) is 6.82. The molecule has 0 aromatic rings. The lowest BCUT2D eigenvalue weighted by Gasteiger charge is -2.36. The molecule has 0 aliphatic carbocycles. The summed E-state index contributed by atoms with van der Waals surface area (Å²) in [6, 6.07) is -2.41. The predicted octanol–water partition coefficient (Wildman–Crippen LogP) is 1.51. The van der Waals surface area contributed by atoms with Crippen molar-refractivity contribution in [1.29, 1.82) is 0 Å². The summed E-state index contributed by atoms with van der Waals surface area (Å²) in [4.78, 5) is 83.9. The van der Waals surface area contributed by atoms with Crippen molar-refractivity contribution in [2.24, 2.45) is 28.7 Å². The smallest absolute Gasteiger partial charge is 0.395 e. The molecule has 0 fully saturated rings. The Bertz CT molecular complexity index is 1160. The standard InChI is InChI=1S/C32H51N2O14/c1-15(2)23(33-11)29(39)47-21(13-43-31(41)25(37)17(5)6)27(45-19(9)35)28(46-20(10)36)22(14-44-32(42)26(38)18(7)8)48-30(40)24(34-12)16(3)4/h11,15-18,21-28,37-38H,12-14H2,1-10H3/q+1/t21-,22-,23+,24-,25-,26+,27+,28-/m1/s1. The van der Waals surface area contributed by atoms with E-state index in [1.165, 1.54) is 13.8 Å². The number of esters is 6. The quantitative estimate of drug-likeness (QED) is 0.105. The van der Waals surface area contributed by atoms with Crippen LogP contribution in [0.1, 0.15) is 69.2 Å². The van der Waals surface area contributed by atoms with Gasteiger partial charge < -0.3 is 38.6 Å². The molecule has 16 nitrogen and oxygen atoms in total. The molecule has 0 radical (unpaired) electrons. The van der Waals surface area contributed by atoms with Crippen molar-refractivity contribution in [3.63, 3.8) is 0 Å². The number of hydrogen-bond donors (Lipinski definition) is 2. The minimum absolute atomic E-state index is 0.439. The van der Waals surface area contributed by atoms with Gasteiger partial charge in [-0.2, -0.15) is 0 Å². The second-order valence-electron chi connectivity index (χ2n) is 12.4. The van der Waals surface area contributed by atoms with Gasteiger partial charge in [-0.25, -0.2) is 19.2 Å². The van der Waals surface area contributed by atoms with Crippen LogP contribution in [-0.4, -0.2) is 115 Å². The van der Waals surface area contributed by atoms with Gasteiger partial charge in [0.1, 0.15) is 19.3 Å². The SMILES string of the molecule is C#[N+][C@H](C(=O)O[C@H](COC(=O)[C@H](O)C(C)C)[C@H](OC(C)=O)[C@H](OC(C)=O)[C@@H](COC(=O)[C@@H](O)C(C)C)OC(=O)[C@H](N=C)C(C)C)C(C)C. The van der Waals surface area contributed by atoms with Gasteiger partial charge in [-0.1, -0.05) is 60.2 Å². The van der Waals surface area contributed by atoms with Crippen molar-refractivity contribution < 1.29 is 67.4 Å². The van der Waals surface area contributed by atoms with Crippen molar-refractivity contribution >= 4 is 42.5 Å². The van der Waals surface area contributed by atoms with Crippen LogP contribution in [0.15, 0.2) is 4.99 Å². The maximum absolute atomic E-state index is 13.2. The lowest BCUT2D eigenvalue weighted by Crippen LogP contribution is -2.55. The molecule has 8 atom stereocenters. The van der Waals surface area contributed by atoms with E-state index in [1.54, 1.807) is 41.5 Å². The first-order valence-electron chi connectivity index (χ1n) is 15.5. The van der Waals surface area contributed by atoms with Crippen LogP contribution in [0, 0.1) is 30.2 Å². The van der Waals surface area contributed by atoms with E-state index in [4.69, 9.17) is 35.0 Å². The molecule has 0 spiro atoms. The van der Waals surface area contributed by atoms with Crippen LogP contribution in [0.3, 0.4) is 0 Å². The van der Waals surface area contributed by atoms with Crippen molar-refractivity contribution in [1.82, 2.24) is 0 Å². The molecule has 0 unspecified atom stereocenters. The molecule has 0 aromatic heterocycles. The Kier molecular flexibility index (Phi) is 19.2. The Morgan fingerprint density at radius 2 is 1.00 bits per heavy atom. The molecular formula is C32H51N2O14+. The highest BCUT2D eigenvalue weighted by Gasteiger charge is 2.47. The number of aliphatic imine (C=N–C) groups is 1. The van der Waals surface area contributed by atoms with Gasteiger partial charge in [0.15, 0.2) is 36.6 Å². The Balaban J connectivity index is 7.26. The van der Waals surface area contributed by atoms with E-state index in [1.807, 2.05) is 0 Å². The Hall–Kier alpha value is -4.10. The van der Waals surface area contributed by atoms with Crippen LogP contribution in [0.5, 0.6) is 0 Å². The zero-order valence-corrected chi connectivity index (χ0v) is 29.3. The number of aliphatic hydroxyl groups excluding tert-OH is 2. The first-order valence-corrected chi connectivity index (χ1v) is 15.5. The molecule has 0 saturated heterocycles. The van der Waals surface area contributed by atoms with Crippen molar-refractivity contribution in [3.05, 3.63) is 4.85 Å². The summed E-state index contributed by atoms with van der Waals surface area (Å²) < 4.78 is 32.5. The van der Waals surface area contributed by atoms with E-state index < -0.39 is 121 Å². The highest BCUT2D eigenvalue weighted by atomic mass is 16.6. The normalized spacial score (nSPS) is 16.3. The van der Waals surface area contributed by atoms with Crippen molar-refractivity contribution in [2.45, 2.75) is 118 Å². The fraction of sp³-hybridized carbons (Fsp3) is 0.750. The third-order valence-electron chi connectivity index (χ3n) is 6.82. The summed E-state index contributed by atoms with van der Waals surface area (Å²) in [5.74, 6) is -8.43. The molecule has 0 aliphatic heterocycles. The summed E-state index contributed by atoms with van der Waals surface area (Å²) in [6.45, 7) is 21.7. The lowest BCUT2D eigenvalue weighted by molar-refractivity contribution is -0.210. The number of carbonyl (C=O) groups excluding carboxylic acids is 6. The summed E-state index contributed by atoms with van der Waals surface area (Å²) in [7, 11) is 0. The van der Waals surface area contributed by atoms with Crippen LogP contribution in [0.25, 0.3) is 4.85 Å². The molecule has 48 heavy (non-hydrogen) atoms. The van der Waals surface area contributed by atoms with Crippen LogP contribution in [0.2, 0.25) is 0 Å². The van der Waals surface area contributed by atoms with Gasteiger partial charge in [0.05, 0.1) is 0 Å². The van der Waals surface area contributed by atoms with E-state index in [-0.39, 0.29) is 0 Å². The molecule has 272 valence electrons. The largest absolute Gasteiger partial charge is 0.460 e. The lowest BCUT2D eigenvalue weighted by atomic mass is 10.0. The monoisotopic (exact) mass is 687 g/mol. The number of rotatable bonds is 20. The van der Waals surface area contributed by atoms with Gasteiger partial charge in [0, 0.05) is 19.8 Å².